The second-order valence-electron chi connectivity index (χ2n) is 5.07. The van der Waals surface area contributed by atoms with Crippen molar-refractivity contribution in [3.63, 3.8) is 0 Å². The molecule has 1 saturated heterocycles. The molecule has 0 spiro atoms. The molecule has 2 aromatic rings. The average Bonchev–Trinajstić information content (AvgIpc) is 2.61. The molecule has 0 aromatic carbocycles. The monoisotopic (exact) mass is 315 g/mol. The van der Waals surface area contributed by atoms with Crippen LogP contribution in [-0.4, -0.2) is 41.2 Å². The Hall–Kier alpha value is -2.74. The number of pyridine rings is 2. The van der Waals surface area contributed by atoms with Gasteiger partial charge in [-0.15, -0.1) is 0 Å². The molecule has 0 bridgehead atoms. The van der Waals surface area contributed by atoms with Gasteiger partial charge in [-0.05, 0) is 12.1 Å². The van der Waals surface area contributed by atoms with Crippen LogP contribution >= 0.6 is 0 Å². The lowest BCUT2D eigenvalue weighted by Crippen LogP contribution is -2.37. The molecule has 1 fully saturated rings. The van der Waals surface area contributed by atoms with Gasteiger partial charge in [0.1, 0.15) is 5.82 Å². The van der Waals surface area contributed by atoms with E-state index < -0.39 is 4.92 Å². The molecule has 23 heavy (non-hydrogen) atoms. The van der Waals surface area contributed by atoms with Crippen molar-refractivity contribution in [3.8, 4) is 0 Å². The maximum atomic E-state index is 11.0. The Morgan fingerprint density at radius 2 is 1.96 bits per heavy atom. The molecule has 1 aliphatic heterocycles. The summed E-state index contributed by atoms with van der Waals surface area (Å²) in [6, 6.07) is 6.79. The highest BCUT2D eigenvalue weighted by atomic mass is 16.6. The highest BCUT2D eigenvalue weighted by Gasteiger charge is 2.17. The van der Waals surface area contributed by atoms with Crippen molar-refractivity contribution in [2.24, 2.45) is 0 Å². The number of morpholine rings is 1. The second kappa shape index (κ2) is 7.01. The Bertz CT molecular complexity index is 688. The standard InChI is InChI=1S/C15H17N5O3/c21-20(22)13-4-2-5-16-14(13)18-11-12-3-1-6-17-15(12)19-7-9-23-10-8-19/h1-6H,7-11H2,(H,16,18). The summed E-state index contributed by atoms with van der Waals surface area (Å²) in [6.45, 7) is 3.34. The number of nitrogens with one attached hydrogen (secondary N) is 1. The zero-order valence-corrected chi connectivity index (χ0v) is 12.5. The largest absolute Gasteiger partial charge is 0.378 e. The minimum absolute atomic E-state index is 0.0377. The van der Waals surface area contributed by atoms with Crippen molar-refractivity contribution in [2.45, 2.75) is 6.54 Å². The molecule has 3 heterocycles. The number of anilines is 2. The van der Waals surface area contributed by atoms with Gasteiger partial charge in [0.15, 0.2) is 0 Å². The first-order valence-corrected chi connectivity index (χ1v) is 7.35. The van der Waals surface area contributed by atoms with Gasteiger partial charge in [0.2, 0.25) is 5.82 Å². The van der Waals surface area contributed by atoms with Crippen LogP contribution in [0.1, 0.15) is 5.56 Å². The topological polar surface area (TPSA) is 93.4 Å². The fourth-order valence-corrected chi connectivity index (χ4v) is 2.49. The molecular formula is C15H17N5O3. The van der Waals surface area contributed by atoms with Crippen molar-refractivity contribution < 1.29 is 9.66 Å². The third-order valence-electron chi connectivity index (χ3n) is 3.61. The van der Waals surface area contributed by atoms with E-state index >= 15 is 0 Å². The Morgan fingerprint density at radius 3 is 2.74 bits per heavy atom. The van der Waals surface area contributed by atoms with Crippen LogP contribution in [0.4, 0.5) is 17.3 Å². The van der Waals surface area contributed by atoms with Crippen LogP contribution in [0.5, 0.6) is 0 Å². The molecule has 3 rings (SSSR count). The van der Waals surface area contributed by atoms with E-state index in [1.165, 1.54) is 12.3 Å². The van der Waals surface area contributed by atoms with E-state index in [2.05, 4.69) is 20.2 Å². The van der Waals surface area contributed by atoms with Gasteiger partial charge in [0.05, 0.1) is 18.1 Å². The Labute approximate surface area is 133 Å². The minimum atomic E-state index is -0.443. The molecule has 0 radical (unpaired) electrons. The van der Waals surface area contributed by atoms with E-state index in [0.717, 1.165) is 24.5 Å². The summed E-state index contributed by atoms with van der Waals surface area (Å²) in [6.07, 6.45) is 3.28. The molecule has 8 heteroatoms. The van der Waals surface area contributed by atoms with Crippen molar-refractivity contribution in [2.75, 3.05) is 36.5 Å². The van der Waals surface area contributed by atoms with Crippen molar-refractivity contribution >= 4 is 17.3 Å². The third kappa shape index (κ3) is 3.54. The lowest BCUT2D eigenvalue weighted by atomic mass is 10.2. The van der Waals surface area contributed by atoms with E-state index in [9.17, 15) is 10.1 Å². The quantitative estimate of drug-likeness (QED) is 0.664. The highest BCUT2D eigenvalue weighted by Crippen LogP contribution is 2.23. The van der Waals surface area contributed by atoms with Gasteiger partial charge in [0, 0.05) is 43.7 Å². The number of ether oxygens (including phenoxy) is 1. The fourth-order valence-electron chi connectivity index (χ4n) is 2.49. The fraction of sp³-hybridized carbons (Fsp3) is 0.333. The van der Waals surface area contributed by atoms with Gasteiger partial charge in [-0.2, -0.15) is 0 Å². The zero-order chi connectivity index (χ0) is 16.1. The first-order chi connectivity index (χ1) is 11.3. The Kier molecular flexibility index (Phi) is 4.62. The molecule has 0 unspecified atom stereocenters. The molecule has 2 aromatic heterocycles. The molecule has 1 N–H and O–H groups in total. The predicted octanol–water partition coefficient (Wildman–Crippen LogP) is 1.83. The van der Waals surface area contributed by atoms with E-state index in [1.807, 2.05) is 12.1 Å². The molecule has 1 aliphatic rings. The molecule has 120 valence electrons. The Balaban J connectivity index is 1.77. The number of aromatic nitrogens is 2. The van der Waals surface area contributed by atoms with E-state index in [1.54, 1.807) is 12.3 Å². The van der Waals surface area contributed by atoms with Crippen LogP contribution in [-0.2, 0) is 11.3 Å². The molecule has 0 amide bonds. The van der Waals surface area contributed by atoms with Crippen LogP contribution in [0, 0.1) is 10.1 Å². The number of hydrogen-bond acceptors (Lipinski definition) is 7. The maximum Gasteiger partial charge on any atom is 0.311 e. The number of nitrogens with zero attached hydrogens (tertiary/aromatic N) is 4. The smallest absolute Gasteiger partial charge is 0.311 e. The van der Waals surface area contributed by atoms with Gasteiger partial charge in [0.25, 0.3) is 0 Å². The first-order valence-electron chi connectivity index (χ1n) is 7.35. The molecule has 0 aliphatic carbocycles. The molecular weight excluding hydrogens is 298 g/mol. The number of nitro groups is 1. The van der Waals surface area contributed by atoms with Gasteiger partial charge >= 0.3 is 5.69 Å². The highest BCUT2D eigenvalue weighted by molar-refractivity contribution is 5.56. The van der Waals surface area contributed by atoms with E-state index in [-0.39, 0.29) is 11.5 Å². The Morgan fingerprint density at radius 1 is 1.22 bits per heavy atom. The SMILES string of the molecule is O=[N+]([O-])c1cccnc1NCc1cccnc1N1CCOCC1. The lowest BCUT2D eigenvalue weighted by molar-refractivity contribution is -0.384. The zero-order valence-electron chi connectivity index (χ0n) is 12.5. The minimum Gasteiger partial charge on any atom is -0.378 e. The van der Waals surface area contributed by atoms with Crippen molar-refractivity contribution in [1.82, 2.24) is 9.97 Å². The summed E-state index contributed by atoms with van der Waals surface area (Å²) in [4.78, 5) is 21.3. The number of hydrogen-bond donors (Lipinski definition) is 1. The maximum absolute atomic E-state index is 11.0. The summed E-state index contributed by atoms with van der Waals surface area (Å²) in [5, 5.41) is 14.1. The molecule has 0 atom stereocenters. The predicted molar refractivity (Wildman–Crippen MR) is 85.5 cm³/mol. The summed E-state index contributed by atoms with van der Waals surface area (Å²) in [5.74, 6) is 1.14. The van der Waals surface area contributed by atoms with Gasteiger partial charge in [-0.1, -0.05) is 6.07 Å². The normalized spacial score (nSPS) is 14.5. The number of rotatable bonds is 5. The van der Waals surface area contributed by atoms with Crippen LogP contribution < -0.4 is 10.2 Å². The van der Waals surface area contributed by atoms with E-state index in [4.69, 9.17) is 4.74 Å². The van der Waals surface area contributed by atoms with Gasteiger partial charge in [-0.3, -0.25) is 10.1 Å². The van der Waals surface area contributed by atoms with Crippen molar-refractivity contribution in [1.29, 1.82) is 0 Å². The van der Waals surface area contributed by atoms with Gasteiger partial charge in [-0.25, -0.2) is 9.97 Å². The van der Waals surface area contributed by atoms with Crippen LogP contribution in [0.2, 0.25) is 0 Å². The van der Waals surface area contributed by atoms with Gasteiger partial charge < -0.3 is 15.0 Å². The van der Waals surface area contributed by atoms with Crippen LogP contribution in [0.15, 0.2) is 36.7 Å². The summed E-state index contributed by atoms with van der Waals surface area (Å²) in [5.41, 5.74) is 0.929. The second-order valence-corrected chi connectivity index (χ2v) is 5.07. The third-order valence-corrected chi connectivity index (χ3v) is 3.61. The van der Waals surface area contributed by atoms with E-state index in [0.29, 0.717) is 19.8 Å². The molecule has 8 nitrogen and oxygen atoms in total. The average molecular weight is 315 g/mol. The summed E-state index contributed by atoms with van der Waals surface area (Å²) >= 11 is 0. The van der Waals surface area contributed by atoms with Crippen LogP contribution in [0.3, 0.4) is 0 Å². The van der Waals surface area contributed by atoms with Crippen molar-refractivity contribution in [3.05, 3.63) is 52.3 Å². The summed E-state index contributed by atoms with van der Waals surface area (Å²) in [7, 11) is 0. The van der Waals surface area contributed by atoms with Crippen LogP contribution in [0.25, 0.3) is 0 Å². The summed E-state index contributed by atoms with van der Waals surface area (Å²) < 4.78 is 5.36. The first kappa shape index (κ1) is 15.2. The lowest BCUT2D eigenvalue weighted by Gasteiger charge is -2.29. The molecule has 0 saturated carbocycles.